The van der Waals surface area contributed by atoms with Gasteiger partial charge in [0.05, 0.1) is 16.5 Å². The summed E-state index contributed by atoms with van der Waals surface area (Å²) in [4.78, 5) is 25.9. The predicted molar refractivity (Wildman–Crippen MR) is 118 cm³/mol. The van der Waals surface area contributed by atoms with E-state index in [1.54, 1.807) is 0 Å². The second-order valence-electron chi connectivity index (χ2n) is 8.52. The van der Waals surface area contributed by atoms with Gasteiger partial charge in [-0.2, -0.15) is 13.2 Å². The summed E-state index contributed by atoms with van der Waals surface area (Å²) in [5.41, 5.74) is -1.58. The number of amides is 2. The molecule has 0 saturated heterocycles. The third-order valence-electron chi connectivity index (χ3n) is 6.11. The number of hydrogen-bond acceptors (Lipinski definition) is 5. The van der Waals surface area contributed by atoms with Gasteiger partial charge in [-0.25, -0.2) is 9.49 Å². The van der Waals surface area contributed by atoms with Gasteiger partial charge in [-0.3, -0.25) is 9.59 Å². The zero-order valence-corrected chi connectivity index (χ0v) is 18.8. The van der Waals surface area contributed by atoms with Crippen LogP contribution in [0.3, 0.4) is 0 Å². The van der Waals surface area contributed by atoms with E-state index in [1.807, 2.05) is 13.8 Å². The van der Waals surface area contributed by atoms with Crippen molar-refractivity contribution < 1.29 is 27.2 Å². The Morgan fingerprint density at radius 1 is 1.17 bits per heavy atom. The fourth-order valence-corrected chi connectivity index (χ4v) is 3.77. The van der Waals surface area contributed by atoms with Crippen LogP contribution in [0.5, 0.6) is 0 Å². The molecule has 1 atom stereocenters. The molecule has 1 unspecified atom stereocenters. The van der Waals surface area contributed by atoms with Crippen LogP contribution in [0.4, 0.5) is 23.2 Å². The lowest BCUT2D eigenvalue weighted by Crippen LogP contribution is -2.32. The average Bonchev–Trinajstić information content (AvgIpc) is 3.43. The van der Waals surface area contributed by atoms with Gasteiger partial charge < -0.3 is 10.6 Å². The number of H-pyrrole nitrogens is 1. The maximum absolute atomic E-state index is 14.6. The molecule has 0 aliphatic heterocycles. The van der Waals surface area contributed by atoms with E-state index in [-0.39, 0.29) is 41.7 Å². The van der Waals surface area contributed by atoms with Crippen LogP contribution < -0.4 is 10.6 Å². The Morgan fingerprint density at radius 3 is 2.49 bits per heavy atom. The van der Waals surface area contributed by atoms with Crippen LogP contribution in [-0.2, 0) is 16.4 Å². The lowest BCUT2D eigenvalue weighted by molar-refractivity contribution is -0.137. The number of tetrazole rings is 1. The summed E-state index contributed by atoms with van der Waals surface area (Å²) in [6.45, 7) is 3.79. The van der Waals surface area contributed by atoms with Gasteiger partial charge in [0.25, 0.3) is 5.91 Å². The van der Waals surface area contributed by atoms with Crippen LogP contribution >= 0.6 is 0 Å². The Hall–Kier alpha value is -3.83. The number of rotatable bonds is 7. The largest absolute Gasteiger partial charge is 0.416 e. The number of aromatic nitrogens is 4. The smallest absolute Gasteiger partial charge is 0.350 e. The first-order valence-corrected chi connectivity index (χ1v) is 10.9. The van der Waals surface area contributed by atoms with Gasteiger partial charge in [0.1, 0.15) is 5.82 Å². The summed E-state index contributed by atoms with van der Waals surface area (Å²) in [6.07, 6.45) is -3.39. The summed E-state index contributed by atoms with van der Waals surface area (Å²) in [7, 11) is 0. The molecule has 1 aliphatic carbocycles. The highest BCUT2D eigenvalue weighted by Gasteiger charge is 2.53. The molecule has 1 aromatic heterocycles. The number of nitrogens with zero attached hydrogens (tertiary/aromatic N) is 3. The first-order valence-electron chi connectivity index (χ1n) is 10.9. The minimum absolute atomic E-state index is 0.0732. The van der Waals surface area contributed by atoms with E-state index < -0.39 is 28.9 Å². The zero-order valence-electron chi connectivity index (χ0n) is 18.8. The number of anilines is 1. The molecule has 0 radical (unpaired) electrons. The number of nitrogens with one attached hydrogen (secondary N) is 3. The van der Waals surface area contributed by atoms with Crippen molar-refractivity contribution in [2.45, 2.75) is 50.7 Å². The summed E-state index contributed by atoms with van der Waals surface area (Å²) in [6, 6.07) is 6.63. The maximum Gasteiger partial charge on any atom is 0.416 e. The van der Waals surface area contributed by atoms with E-state index in [0.717, 1.165) is 18.6 Å². The Morgan fingerprint density at radius 2 is 1.91 bits per heavy atom. The highest BCUT2D eigenvalue weighted by Crippen LogP contribution is 2.50. The van der Waals surface area contributed by atoms with Crippen LogP contribution in [0.25, 0.3) is 11.4 Å². The molecule has 2 aromatic carbocycles. The highest BCUT2D eigenvalue weighted by molar-refractivity contribution is 6.04. The van der Waals surface area contributed by atoms with E-state index in [0.29, 0.717) is 17.3 Å². The molecule has 1 fully saturated rings. The first-order chi connectivity index (χ1) is 16.5. The Kier molecular flexibility index (Phi) is 6.30. The van der Waals surface area contributed by atoms with Crippen molar-refractivity contribution in [3.8, 4) is 11.4 Å². The van der Waals surface area contributed by atoms with Crippen molar-refractivity contribution in [1.29, 1.82) is 0 Å². The molecule has 35 heavy (non-hydrogen) atoms. The molecule has 2 amide bonds. The molecule has 12 heteroatoms. The average molecular weight is 490 g/mol. The van der Waals surface area contributed by atoms with E-state index >= 15 is 0 Å². The fraction of sp³-hybridized carbons (Fsp3) is 0.348. The van der Waals surface area contributed by atoms with Crippen molar-refractivity contribution in [1.82, 2.24) is 25.9 Å². The standard InChI is InChI=1S/C23H22F4N6O2/c1-3-12(2)28-20(34)15-6-5-14(11-16(15)19-30-32-33-31-19)29-21(35)22(8-9-22)17-7-4-13(10-18(17)24)23(25,26)27/h4-7,10-12H,3,8-9H2,1-2H3,(H,28,34)(H,29,35)(H,30,31,32,33). The number of halogens is 4. The fourth-order valence-electron chi connectivity index (χ4n) is 3.77. The van der Waals surface area contributed by atoms with Gasteiger partial charge >= 0.3 is 6.18 Å². The van der Waals surface area contributed by atoms with Gasteiger partial charge in [-0.05, 0) is 66.9 Å². The molecular weight excluding hydrogens is 468 g/mol. The van der Waals surface area contributed by atoms with Crippen molar-refractivity contribution >= 4 is 17.5 Å². The van der Waals surface area contributed by atoms with Crippen LogP contribution in [0.2, 0.25) is 0 Å². The number of hydrogen-bond donors (Lipinski definition) is 3. The molecule has 8 nitrogen and oxygen atoms in total. The zero-order chi connectivity index (χ0) is 25.4. The van der Waals surface area contributed by atoms with Crippen LogP contribution in [-0.4, -0.2) is 38.5 Å². The second kappa shape index (κ2) is 9.08. The molecule has 3 N–H and O–H groups in total. The Labute approximate surface area is 197 Å². The summed E-state index contributed by atoms with van der Waals surface area (Å²) in [5, 5.41) is 19.0. The lowest BCUT2D eigenvalue weighted by atomic mass is 9.93. The number of alkyl halides is 3. The Bertz CT molecular complexity index is 1260. The van der Waals surface area contributed by atoms with Crippen LogP contribution in [0, 0.1) is 5.82 Å². The predicted octanol–water partition coefficient (Wildman–Crippen LogP) is 4.22. The minimum Gasteiger partial charge on any atom is -0.350 e. The molecule has 4 rings (SSSR count). The molecule has 3 aromatic rings. The van der Waals surface area contributed by atoms with E-state index in [2.05, 4.69) is 31.3 Å². The van der Waals surface area contributed by atoms with Crippen molar-refractivity contribution in [2.75, 3.05) is 5.32 Å². The third kappa shape index (κ3) is 4.86. The van der Waals surface area contributed by atoms with Crippen molar-refractivity contribution in [3.63, 3.8) is 0 Å². The van der Waals surface area contributed by atoms with Crippen molar-refractivity contribution in [2.24, 2.45) is 0 Å². The van der Waals surface area contributed by atoms with Crippen molar-refractivity contribution in [3.05, 3.63) is 58.9 Å². The summed E-state index contributed by atoms with van der Waals surface area (Å²) in [5.74, 6) is -1.80. The monoisotopic (exact) mass is 490 g/mol. The van der Waals surface area contributed by atoms with E-state index in [4.69, 9.17) is 0 Å². The number of carbonyl (C=O) groups excluding carboxylic acids is 2. The lowest BCUT2D eigenvalue weighted by Gasteiger charge is -2.19. The third-order valence-corrected chi connectivity index (χ3v) is 6.11. The number of benzene rings is 2. The molecular formula is C23H22F4N6O2. The van der Waals surface area contributed by atoms with Gasteiger partial charge in [0.15, 0.2) is 5.82 Å². The van der Waals surface area contributed by atoms with E-state index in [1.165, 1.54) is 18.2 Å². The normalized spacial score (nSPS) is 15.4. The van der Waals surface area contributed by atoms with Crippen LogP contribution in [0.15, 0.2) is 36.4 Å². The SMILES string of the molecule is CCC(C)NC(=O)c1ccc(NC(=O)C2(c3ccc(C(F)(F)F)cc3F)CC2)cc1-c1nnn[nH]1. The van der Waals surface area contributed by atoms with Crippen LogP contribution in [0.1, 0.15) is 54.6 Å². The van der Waals surface area contributed by atoms with Gasteiger partial charge in [0, 0.05) is 22.9 Å². The minimum atomic E-state index is -4.69. The molecule has 184 valence electrons. The summed E-state index contributed by atoms with van der Waals surface area (Å²) < 4.78 is 53.3. The topological polar surface area (TPSA) is 113 Å². The second-order valence-corrected chi connectivity index (χ2v) is 8.52. The summed E-state index contributed by atoms with van der Waals surface area (Å²) >= 11 is 0. The Balaban J connectivity index is 1.61. The molecule has 0 bridgehead atoms. The number of aromatic amines is 1. The maximum atomic E-state index is 14.6. The number of carbonyl (C=O) groups is 2. The molecule has 1 aliphatic rings. The van der Waals surface area contributed by atoms with Gasteiger partial charge in [0.2, 0.25) is 5.91 Å². The molecule has 0 spiro atoms. The molecule has 1 heterocycles. The molecule has 1 saturated carbocycles. The highest BCUT2D eigenvalue weighted by atomic mass is 19.4. The van der Waals surface area contributed by atoms with E-state index in [9.17, 15) is 27.2 Å². The van der Waals surface area contributed by atoms with Gasteiger partial charge in [-0.15, -0.1) is 5.10 Å². The van der Waals surface area contributed by atoms with Gasteiger partial charge in [-0.1, -0.05) is 13.0 Å². The first kappa shape index (κ1) is 24.3. The quantitative estimate of drug-likeness (QED) is 0.429.